The van der Waals surface area contributed by atoms with E-state index < -0.39 is 0 Å². The number of rotatable bonds is 5. The molecule has 0 bridgehead atoms. The molecule has 0 radical (unpaired) electrons. The van der Waals surface area contributed by atoms with E-state index in [0.717, 1.165) is 35.0 Å². The number of carbonyl (C=O) groups excluding carboxylic acids is 1. The maximum absolute atomic E-state index is 12.8. The lowest BCUT2D eigenvalue weighted by Crippen LogP contribution is -2.44. The fourth-order valence-electron chi connectivity index (χ4n) is 3.35. The van der Waals surface area contributed by atoms with Crippen LogP contribution in [0.3, 0.4) is 0 Å². The lowest BCUT2D eigenvalue weighted by Gasteiger charge is -2.33. The highest BCUT2D eigenvalue weighted by atomic mass is 16.5. The Bertz CT molecular complexity index is 876. The minimum Gasteiger partial charge on any atom is -0.467 e. The van der Waals surface area contributed by atoms with Crippen LogP contribution in [0, 0.1) is 13.8 Å². The van der Waals surface area contributed by atoms with Gasteiger partial charge in [0.2, 0.25) is 5.91 Å². The van der Waals surface area contributed by atoms with Gasteiger partial charge in [-0.3, -0.25) is 9.69 Å². The fourth-order valence-corrected chi connectivity index (χ4v) is 3.35. The molecule has 4 heterocycles. The van der Waals surface area contributed by atoms with Crippen molar-refractivity contribution in [2.24, 2.45) is 0 Å². The molecule has 0 spiro atoms. The number of carbonyl (C=O) groups is 1. The van der Waals surface area contributed by atoms with E-state index in [1.54, 1.807) is 18.7 Å². The number of nitrogens with zero attached hydrogens (tertiary/aromatic N) is 4. The zero-order valence-electron chi connectivity index (χ0n) is 14.8. The lowest BCUT2D eigenvalue weighted by atomic mass is 10.1. The van der Waals surface area contributed by atoms with Crippen LogP contribution in [-0.2, 0) is 24.4 Å². The molecule has 4 rings (SSSR count). The summed E-state index contributed by atoms with van der Waals surface area (Å²) in [7, 11) is 0. The Morgan fingerprint density at radius 1 is 1.42 bits per heavy atom. The van der Waals surface area contributed by atoms with Crippen LogP contribution >= 0.6 is 0 Å². The van der Waals surface area contributed by atoms with Crippen molar-refractivity contribution in [2.45, 2.75) is 39.5 Å². The van der Waals surface area contributed by atoms with E-state index in [1.165, 1.54) is 0 Å². The second-order valence-corrected chi connectivity index (χ2v) is 6.58. The SMILES string of the molecule is Cc1noc(C)c1CN1Cc2cncn2[C@@H](C(=O)NCc2ccco2)C1. The molecule has 0 aliphatic carbocycles. The summed E-state index contributed by atoms with van der Waals surface area (Å²) in [5, 5.41) is 6.97. The molecular formula is C18H21N5O3. The van der Waals surface area contributed by atoms with E-state index in [9.17, 15) is 4.79 Å². The number of nitrogens with one attached hydrogen (secondary N) is 1. The first-order valence-corrected chi connectivity index (χ1v) is 8.56. The quantitative estimate of drug-likeness (QED) is 0.752. The second kappa shape index (κ2) is 6.80. The Hall–Kier alpha value is -2.87. The normalized spacial score (nSPS) is 17.2. The molecule has 1 amide bonds. The van der Waals surface area contributed by atoms with Crippen molar-refractivity contribution in [1.82, 2.24) is 24.9 Å². The molecular weight excluding hydrogens is 334 g/mol. The molecule has 1 aliphatic heterocycles. The van der Waals surface area contributed by atoms with Gasteiger partial charge < -0.3 is 18.8 Å². The third-order valence-electron chi connectivity index (χ3n) is 4.78. The number of furan rings is 1. The molecule has 1 aliphatic rings. The number of imidazole rings is 1. The third-order valence-corrected chi connectivity index (χ3v) is 4.78. The standard InChI is InChI=1S/C18H21N5O3/c1-12-16(13(2)26-21-12)9-22-8-14-6-19-11-23(14)17(10-22)18(24)20-7-15-4-3-5-25-15/h3-6,11,17H,7-10H2,1-2H3,(H,20,24)/t17-/m1/s1. The van der Waals surface area contributed by atoms with Crippen molar-refractivity contribution in [2.75, 3.05) is 6.54 Å². The number of hydrogen-bond acceptors (Lipinski definition) is 6. The number of aryl methyl sites for hydroxylation is 2. The van der Waals surface area contributed by atoms with Crippen LogP contribution in [0.25, 0.3) is 0 Å². The predicted octanol–water partition coefficient (Wildman–Crippen LogP) is 1.95. The van der Waals surface area contributed by atoms with Gasteiger partial charge in [0.05, 0.1) is 30.5 Å². The van der Waals surface area contributed by atoms with E-state index in [-0.39, 0.29) is 11.9 Å². The van der Waals surface area contributed by atoms with Gasteiger partial charge in [0.15, 0.2) is 0 Å². The first kappa shape index (κ1) is 16.6. The highest BCUT2D eigenvalue weighted by Gasteiger charge is 2.31. The number of amides is 1. The molecule has 1 N–H and O–H groups in total. The summed E-state index contributed by atoms with van der Waals surface area (Å²) in [5.41, 5.74) is 2.98. The monoisotopic (exact) mass is 355 g/mol. The number of hydrogen-bond donors (Lipinski definition) is 1. The van der Waals surface area contributed by atoms with Gasteiger partial charge in [-0.2, -0.15) is 0 Å². The van der Waals surface area contributed by atoms with Crippen LogP contribution in [0.2, 0.25) is 0 Å². The molecule has 26 heavy (non-hydrogen) atoms. The topological polar surface area (TPSA) is 89.3 Å². The zero-order chi connectivity index (χ0) is 18.1. The van der Waals surface area contributed by atoms with Crippen LogP contribution < -0.4 is 5.32 Å². The predicted molar refractivity (Wildman–Crippen MR) is 91.9 cm³/mol. The third kappa shape index (κ3) is 3.15. The van der Waals surface area contributed by atoms with E-state index in [1.807, 2.05) is 30.7 Å². The average Bonchev–Trinajstić information content (AvgIpc) is 3.37. The number of aromatic nitrogens is 3. The smallest absolute Gasteiger partial charge is 0.244 e. The molecule has 8 heteroatoms. The Morgan fingerprint density at radius 2 is 2.31 bits per heavy atom. The number of fused-ring (bicyclic) bond motifs is 1. The Balaban J connectivity index is 1.50. The molecule has 3 aromatic rings. The molecule has 136 valence electrons. The summed E-state index contributed by atoms with van der Waals surface area (Å²) in [6.07, 6.45) is 5.13. The second-order valence-electron chi connectivity index (χ2n) is 6.58. The molecule has 8 nitrogen and oxygen atoms in total. The van der Waals surface area contributed by atoms with Crippen LogP contribution in [0.5, 0.6) is 0 Å². The maximum Gasteiger partial charge on any atom is 0.244 e. The molecule has 0 saturated heterocycles. The van der Waals surface area contributed by atoms with Crippen molar-refractivity contribution in [3.8, 4) is 0 Å². The molecule has 0 fully saturated rings. The van der Waals surface area contributed by atoms with Crippen LogP contribution in [0.15, 0.2) is 39.9 Å². The zero-order valence-corrected chi connectivity index (χ0v) is 14.8. The fraction of sp³-hybridized carbons (Fsp3) is 0.389. The summed E-state index contributed by atoms with van der Waals surface area (Å²) in [5.74, 6) is 1.50. The summed E-state index contributed by atoms with van der Waals surface area (Å²) < 4.78 is 12.5. The first-order chi connectivity index (χ1) is 12.6. The Labute approximate surface area is 150 Å². The van der Waals surface area contributed by atoms with Crippen molar-refractivity contribution < 1.29 is 13.7 Å². The summed E-state index contributed by atoms with van der Waals surface area (Å²) in [4.78, 5) is 19.2. The minimum atomic E-state index is -0.336. The van der Waals surface area contributed by atoms with Gasteiger partial charge in [0, 0.05) is 31.4 Å². The van der Waals surface area contributed by atoms with Gasteiger partial charge in [-0.05, 0) is 26.0 Å². The van der Waals surface area contributed by atoms with Gasteiger partial charge in [0.25, 0.3) is 0 Å². The van der Waals surface area contributed by atoms with Crippen LogP contribution in [-0.4, -0.2) is 32.1 Å². The van der Waals surface area contributed by atoms with E-state index in [0.29, 0.717) is 19.6 Å². The van der Waals surface area contributed by atoms with Crippen LogP contribution in [0.4, 0.5) is 0 Å². The average molecular weight is 355 g/mol. The summed E-state index contributed by atoms with van der Waals surface area (Å²) in [6.45, 7) is 6.23. The lowest BCUT2D eigenvalue weighted by molar-refractivity contribution is -0.125. The van der Waals surface area contributed by atoms with E-state index in [2.05, 4.69) is 20.4 Å². The molecule has 0 saturated carbocycles. The van der Waals surface area contributed by atoms with E-state index in [4.69, 9.17) is 8.94 Å². The van der Waals surface area contributed by atoms with Crippen molar-refractivity contribution in [3.05, 3.63) is 59.4 Å². The van der Waals surface area contributed by atoms with Gasteiger partial charge in [0.1, 0.15) is 17.6 Å². The highest BCUT2D eigenvalue weighted by molar-refractivity contribution is 5.80. The van der Waals surface area contributed by atoms with Gasteiger partial charge in [-0.15, -0.1) is 0 Å². The van der Waals surface area contributed by atoms with Gasteiger partial charge in [-0.1, -0.05) is 5.16 Å². The maximum atomic E-state index is 12.8. The molecule has 1 atom stereocenters. The molecule has 3 aromatic heterocycles. The molecule has 0 unspecified atom stereocenters. The first-order valence-electron chi connectivity index (χ1n) is 8.56. The van der Waals surface area contributed by atoms with Crippen LogP contribution in [0.1, 0.15) is 34.5 Å². The summed E-state index contributed by atoms with van der Waals surface area (Å²) >= 11 is 0. The Morgan fingerprint density at radius 3 is 3.04 bits per heavy atom. The van der Waals surface area contributed by atoms with E-state index >= 15 is 0 Å². The van der Waals surface area contributed by atoms with Crippen molar-refractivity contribution in [3.63, 3.8) is 0 Å². The van der Waals surface area contributed by atoms with Crippen molar-refractivity contribution >= 4 is 5.91 Å². The highest BCUT2D eigenvalue weighted by Crippen LogP contribution is 2.24. The Kier molecular flexibility index (Phi) is 4.34. The molecule has 0 aromatic carbocycles. The van der Waals surface area contributed by atoms with Crippen molar-refractivity contribution in [1.29, 1.82) is 0 Å². The largest absolute Gasteiger partial charge is 0.467 e. The van der Waals surface area contributed by atoms with Gasteiger partial charge in [-0.25, -0.2) is 4.98 Å². The minimum absolute atomic E-state index is 0.0517. The van der Waals surface area contributed by atoms with Gasteiger partial charge >= 0.3 is 0 Å². The summed E-state index contributed by atoms with van der Waals surface area (Å²) in [6, 6.07) is 3.31.